The number of hydrogen-bond acceptors (Lipinski definition) is 0. The minimum atomic E-state index is 1.03. The highest BCUT2D eigenvalue weighted by Gasteiger charge is 2.36. The van der Waals surface area contributed by atoms with E-state index in [0.717, 1.165) is 23.7 Å². The van der Waals surface area contributed by atoms with Gasteiger partial charge >= 0.3 is 0 Å². The largest absolute Gasteiger partial charge is 0.138 e. The summed E-state index contributed by atoms with van der Waals surface area (Å²) < 4.78 is 0. The van der Waals surface area contributed by atoms with Gasteiger partial charge in [0.05, 0.1) is 0 Å². The lowest BCUT2D eigenvalue weighted by Crippen LogP contribution is -2.11. The van der Waals surface area contributed by atoms with Gasteiger partial charge in [-0.3, -0.25) is 0 Å². The molecular weight excluding hydrogens is 175 g/mol. The van der Waals surface area contributed by atoms with Crippen molar-refractivity contribution in [3.05, 3.63) is 0 Å². The molecule has 2 aliphatic rings. The minimum absolute atomic E-state index is 1.03. The van der Waals surface area contributed by atoms with Crippen LogP contribution < -0.4 is 0 Å². The van der Waals surface area contributed by atoms with E-state index in [4.69, 9.17) is 0 Å². The van der Waals surface area contributed by atoms with Gasteiger partial charge < -0.3 is 0 Å². The summed E-state index contributed by atoms with van der Waals surface area (Å²) >= 11 is 0. The van der Waals surface area contributed by atoms with Crippen molar-refractivity contribution in [2.24, 2.45) is 23.7 Å². The Hall–Kier alpha value is 0.430. The van der Waals surface area contributed by atoms with E-state index in [9.17, 15) is 0 Å². The molecule has 0 amide bonds. The molecule has 13 heavy (non-hydrogen) atoms. The van der Waals surface area contributed by atoms with E-state index in [-0.39, 0.29) is 0 Å². The Morgan fingerprint density at radius 3 is 2.62 bits per heavy atom. The first-order valence-corrected chi connectivity index (χ1v) is 6.83. The summed E-state index contributed by atoms with van der Waals surface area (Å²) in [4.78, 5) is 0. The van der Waals surface area contributed by atoms with Crippen LogP contribution in [0.3, 0.4) is 0 Å². The zero-order valence-corrected chi connectivity index (χ0v) is 9.99. The van der Waals surface area contributed by atoms with Gasteiger partial charge in [-0.2, -0.15) is 0 Å². The van der Waals surface area contributed by atoms with Crippen molar-refractivity contribution < 1.29 is 0 Å². The quantitative estimate of drug-likeness (QED) is 0.593. The van der Waals surface area contributed by atoms with Gasteiger partial charge in [-0.15, -0.1) is 9.24 Å². The maximum absolute atomic E-state index is 2.90. The SMILES string of the molecule is C[C@H]1CC[C@@H](CCP)C2CC[C@@H]1C2. The average Bonchev–Trinajstić information content (AvgIpc) is 2.54. The Balaban J connectivity index is 1.99. The third kappa shape index (κ3) is 2.09. The molecular formula is C12H23P. The van der Waals surface area contributed by atoms with Gasteiger partial charge in [0.1, 0.15) is 0 Å². The van der Waals surface area contributed by atoms with Crippen LogP contribution in [0.1, 0.15) is 45.4 Å². The van der Waals surface area contributed by atoms with Gasteiger partial charge in [-0.05, 0) is 61.9 Å². The molecule has 0 N–H and O–H groups in total. The first-order valence-electron chi connectivity index (χ1n) is 6.01. The fourth-order valence-corrected chi connectivity index (χ4v) is 3.97. The average molecular weight is 198 g/mol. The Morgan fingerprint density at radius 2 is 1.85 bits per heavy atom. The predicted molar refractivity (Wildman–Crippen MR) is 61.9 cm³/mol. The lowest BCUT2D eigenvalue weighted by atomic mass is 9.85. The Labute approximate surface area is 85.1 Å². The number of fused-ring (bicyclic) bond motifs is 2. The van der Waals surface area contributed by atoms with E-state index >= 15 is 0 Å². The van der Waals surface area contributed by atoms with Crippen molar-refractivity contribution in [3.8, 4) is 0 Å². The molecule has 0 aromatic carbocycles. The molecule has 0 aromatic rings. The molecule has 0 aliphatic heterocycles. The number of hydrogen-bond donors (Lipinski definition) is 0. The molecule has 0 nitrogen and oxygen atoms in total. The van der Waals surface area contributed by atoms with Crippen LogP contribution >= 0.6 is 9.24 Å². The fourth-order valence-electron chi connectivity index (χ4n) is 3.54. The zero-order valence-electron chi connectivity index (χ0n) is 8.84. The molecule has 1 heteroatoms. The molecule has 0 saturated heterocycles. The topological polar surface area (TPSA) is 0 Å². The van der Waals surface area contributed by atoms with Crippen molar-refractivity contribution in [2.45, 2.75) is 45.4 Å². The minimum Gasteiger partial charge on any atom is -0.138 e. The fraction of sp³-hybridized carbons (Fsp3) is 1.00. The standard InChI is InChI=1S/C12H23P/c1-9-2-3-10(6-7-13)12-5-4-11(9)8-12/h9-12H,2-8,13H2,1H3/t9-,10-,11+,12?/m0/s1. The second-order valence-electron chi connectivity index (χ2n) is 5.23. The molecule has 2 fully saturated rings. The molecule has 2 saturated carbocycles. The first kappa shape index (κ1) is 9.97. The van der Waals surface area contributed by atoms with Crippen molar-refractivity contribution in [1.29, 1.82) is 0 Å². The van der Waals surface area contributed by atoms with Crippen LogP contribution in [0, 0.1) is 23.7 Å². The monoisotopic (exact) mass is 198 g/mol. The molecule has 2 unspecified atom stereocenters. The zero-order chi connectivity index (χ0) is 9.26. The molecule has 5 atom stereocenters. The molecule has 0 heterocycles. The number of rotatable bonds is 2. The van der Waals surface area contributed by atoms with Crippen LogP contribution in [0.5, 0.6) is 0 Å². The van der Waals surface area contributed by atoms with Gasteiger partial charge in [0, 0.05) is 0 Å². The summed E-state index contributed by atoms with van der Waals surface area (Å²) in [6.07, 6.45) is 10.5. The van der Waals surface area contributed by atoms with E-state index < -0.39 is 0 Å². The highest BCUT2D eigenvalue weighted by atomic mass is 31.0. The van der Waals surface area contributed by atoms with Gasteiger partial charge in [0.25, 0.3) is 0 Å². The second kappa shape index (κ2) is 4.30. The van der Waals surface area contributed by atoms with Crippen LogP contribution in [-0.2, 0) is 0 Å². The van der Waals surface area contributed by atoms with Crippen LogP contribution in [0.15, 0.2) is 0 Å². The molecule has 2 bridgehead atoms. The van der Waals surface area contributed by atoms with Crippen LogP contribution in [0.4, 0.5) is 0 Å². The lowest BCUT2D eigenvalue weighted by Gasteiger charge is -2.22. The van der Waals surface area contributed by atoms with E-state index in [1.54, 1.807) is 19.3 Å². The molecule has 2 aliphatic carbocycles. The van der Waals surface area contributed by atoms with E-state index in [1.807, 2.05) is 0 Å². The van der Waals surface area contributed by atoms with Gasteiger partial charge in [-0.25, -0.2) is 0 Å². The van der Waals surface area contributed by atoms with Crippen molar-refractivity contribution >= 4 is 9.24 Å². The van der Waals surface area contributed by atoms with E-state index in [1.165, 1.54) is 25.4 Å². The van der Waals surface area contributed by atoms with Crippen molar-refractivity contribution in [2.75, 3.05) is 6.16 Å². The summed E-state index contributed by atoms with van der Waals surface area (Å²) in [6.45, 7) is 2.48. The smallest absolute Gasteiger partial charge is 0.0378 e. The Kier molecular flexibility index (Phi) is 3.30. The van der Waals surface area contributed by atoms with Crippen molar-refractivity contribution in [3.63, 3.8) is 0 Å². The summed E-state index contributed by atoms with van der Waals surface area (Å²) in [6, 6.07) is 0. The lowest BCUT2D eigenvalue weighted by molar-refractivity contribution is 0.304. The van der Waals surface area contributed by atoms with Gasteiger partial charge in [0.15, 0.2) is 0 Å². The molecule has 0 radical (unpaired) electrons. The molecule has 2 rings (SSSR count). The Morgan fingerprint density at radius 1 is 1.08 bits per heavy atom. The van der Waals surface area contributed by atoms with Gasteiger partial charge in [-0.1, -0.05) is 13.3 Å². The second-order valence-corrected chi connectivity index (χ2v) is 5.80. The molecule has 76 valence electrons. The summed E-state index contributed by atoms with van der Waals surface area (Å²) in [5, 5.41) is 0. The van der Waals surface area contributed by atoms with Crippen molar-refractivity contribution in [1.82, 2.24) is 0 Å². The maximum atomic E-state index is 2.90. The normalized spacial score (nSPS) is 44.8. The molecule has 0 aromatic heterocycles. The van der Waals surface area contributed by atoms with E-state index in [2.05, 4.69) is 16.2 Å². The summed E-state index contributed by atoms with van der Waals surface area (Å²) in [5.41, 5.74) is 0. The maximum Gasteiger partial charge on any atom is -0.0378 e. The summed E-state index contributed by atoms with van der Waals surface area (Å²) in [7, 11) is 2.90. The third-order valence-electron chi connectivity index (χ3n) is 4.52. The molecule has 0 spiro atoms. The Bertz CT molecular complexity index is 167. The van der Waals surface area contributed by atoms with Crippen LogP contribution in [0.25, 0.3) is 0 Å². The third-order valence-corrected chi connectivity index (χ3v) is 4.85. The summed E-state index contributed by atoms with van der Waals surface area (Å²) in [5.74, 6) is 4.31. The van der Waals surface area contributed by atoms with Crippen LogP contribution in [-0.4, -0.2) is 6.16 Å². The highest BCUT2D eigenvalue weighted by molar-refractivity contribution is 7.16. The van der Waals surface area contributed by atoms with E-state index in [0.29, 0.717) is 0 Å². The predicted octanol–water partition coefficient (Wildman–Crippen LogP) is 3.71. The van der Waals surface area contributed by atoms with Gasteiger partial charge in [0.2, 0.25) is 0 Å². The van der Waals surface area contributed by atoms with Crippen LogP contribution in [0.2, 0.25) is 0 Å². The first-order chi connectivity index (χ1) is 6.31. The highest BCUT2D eigenvalue weighted by Crippen LogP contribution is 2.47.